The highest BCUT2D eigenvalue weighted by Crippen LogP contribution is 2.38. The quantitative estimate of drug-likeness (QED) is 0.0198. The van der Waals surface area contributed by atoms with Crippen LogP contribution in [0.5, 0.6) is 0 Å². The summed E-state index contributed by atoms with van der Waals surface area (Å²) in [5, 5.41) is 0. The highest BCUT2D eigenvalue weighted by molar-refractivity contribution is 7.45. The zero-order chi connectivity index (χ0) is 44.1. The minimum Gasteiger partial charge on any atom is -0.756 e. The molecule has 8 nitrogen and oxygen atoms in total. The Morgan fingerprint density at radius 2 is 0.967 bits per heavy atom. The fourth-order valence-electron chi connectivity index (χ4n) is 7.09. The fourth-order valence-corrected chi connectivity index (χ4v) is 7.82. The van der Waals surface area contributed by atoms with Gasteiger partial charge in [0.1, 0.15) is 19.3 Å². The van der Waals surface area contributed by atoms with Gasteiger partial charge in [-0.3, -0.25) is 9.36 Å². The summed E-state index contributed by atoms with van der Waals surface area (Å²) >= 11 is 0. The lowest BCUT2D eigenvalue weighted by Gasteiger charge is -2.28. The lowest BCUT2D eigenvalue weighted by atomic mass is 10.0. The van der Waals surface area contributed by atoms with Crippen LogP contribution in [0.25, 0.3) is 0 Å². The molecule has 0 aliphatic carbocycles. The fraction of sp³-hybridized carbons (Fsp3) is 0.863. The zero-order valence-corrected chi connectivity index (χ0v) is 41.1. The number of carbonyl (C=O) groups is 1. The minimum absolute atomic E-state index is 0.0224. The second-order valence-corrected chi connectivity index (χ2v) is 19.6. The summed E-state index contributed by atoms with van der Waals surface area (Å²) in [6.45, 7) is 5.28. The molecule has 0 spiro atoms. The molecule has 60 heavy (non-hydrogen) atoms. The molecule has 0 N–H and O–H groups in total. The van der Waals surface area contributed by atoms with E-state index in [1.54, 1.807) is 0 Å². The molecule has 0 aromatic carbocycles. The summed E-state index contributed by atoms with van der Waals surface area (Å²) in [6, 6.07) is 0. The number of ether oxygens (including phenoxy) is 2. The number of phosphoric acid groups is 1. The first-order valence-electron chi connectivity index (χ1n) is 25.2. The van der Waals surface area contributed by atoms with Crippen molar-refractivity contribution in [2.75, 3.05) is 54.1 Å². The highest BCUT2D eigenvalue weighted by Gasteiger charge is 2.20. The van der Waals surface area contributed by atoms with Gasteiger partial charge in [-0.2, -0.15) is 0 Å². The predicted octanol–water partition coefficient (Wildman–Crippen LogP) is 14.7. The van der Waals surface area contributed by atoms with Gasteiger partial charge in [-0.15, -0.1) is 0 Å². The van der Waals surface area contributed by atoms with Crippen molar-refractivity contribution in [2.45, 2.75) is 232 Å². The zero-order valence-electron chi connectivity index (χ0n) is 40.2. The number of esters is 1. The molecule has 0 aromatic rings. The van der Waals surface area contributed by atoms with E-state index in [9.17, 15) is 14.3 Å². The molecule has 0 saturated carbocycles. The summed E-state index contributed by atoms with van der Waals surface area (Å²) in [7, 11) is 1.35. The first-order valence-corrected chi connectivity index (χ1v) is 26.7. The van der Waals surface area contributed by atoms with E-state index in [0.29, 0.717) is 24.1 Å². The lowest BCUT2D eigenvalue weighted by molar-refractivity contribution is -0.870. The Bertz CT molecular complexity index is 1060. The molecule has 0 heterocycles. The first-order chi connectivity index (χ1) is 29.1. The Hall–Kier alpha value is -1.28. The largest absolute Gasteiger partial charge is 0.756 e. The van der Waals surface area contributed by atoms with Gasteiger partial charge in [-0.1, -0.05) is 211 Å². The lowest BCUT2D eigenvalue weighted by Crippen LogP contribution is -2.37. The molecule has 9 heteroatoms. The van der Waals surface area contributed by atoms with Gasteiger partial charge in [0, 0.05) is 13.0 Å². The van der Waals surface area contributed by atoms with E-state index < -0.39 is 13.9 Å². The van der Waals surface area contributed by atoms with Crippen LogP contribution in [0.4, 0.5) is 0 Å². The van der Waals surface area contributed by atoms with E-state index >= 15 is 0 Å². The van der Waals surface area contributed by atoms with E-state index in [2.05, 4.69) is 50.3 Å². The summed E-state index contributed by atoms with van der Waals surface area (Å²) in [5.41, 5.74) is 0. The van der Waals surface area contributed by atoms with Gasteiger partial charge < -0.3 is 27.9 Å². The van der Waals surface area contributed by atoms with Crippen LogP contribution in [0.15, 0.2) is 36.5 Å². The van der Waals surface area contributed by atoms with E-state index in [1.165, 1.54) is 135 Å². The standard InChI is InChI=1S/C51H98NO7P/c1-6-8-10-12-14-16-18-20-22-23-24-25-26-27-28-29-30-31-32-34-36-38-40-42-44-51(53)59-50(49-58-60(54,55)57-47-45-52(3,4)5)48-56-46-43-41-39-37-35-33-21-19-17-15-13-11-9-7-2/h9,11,15,17,21,33,50H,6-8,10,12-14,16,18-20,22-32,34-49H2,1-5H3/b11-9-,17-15-,33-21-. The monoisotopic (exact) mass is 868 g/mol. The van der Waals surface area contributed by atoms with Crippen molar-refractivity contribution in [3.8, 4) is 0 Å². The number of carbonyl (C=O) groups excluding carboxylic acids is 1. The van der Waals surface area contributed by atoms with Crippen molar-refractivity contribution < 1.29 is 37.3 Å². The van der Waals surface area contributed by atoms with Crippen molar-refractivity contribution in [1.82, 2.24) is 0 Å². The van der Waals surface area contributed by atoms with Gasteiger partial charge in [-0.05, 0) is 44.9 Å². The van der Waals surface area contributed by atoms with Crippen LogP contribution in [-0.2, 0) is 27.9 Å². The van der Waals surface area contributed by atoms with Crippen LogP contribution in [-0.4, -0.2) is 70.7 Å². The van der Waals surface area contributed by atoms with Crippen molar-refractivity contribution >= 4 is 13.8 Å². The molecule has 0 aliphatic heterocycles. The molecular weight excluding hydrogens is 770 g/mol. The van der Waals surface area contributed by atoms with Crippen LogP contribution in [0.1, 0.15) is 226 Å². The van der Waals surface area contributed by atoms with Gasteiger partial charge in [0.2, 0.25) is 0 Å². The van der Waals surface area contributed by atoms with Gasteiger partial charge in [0.25, 0.3) is 7.82 Å². The van der Waals surface area contributed by atoms with Crippen LogP contribution in [0, 0.1) is 0 Å². The number of hydrogen-bond donors (Lipinski definition) is 0. The molecule has 2 unspecified atom stereocenters. The Labute approximate surface area is 372 Å². The molecule has 354 valence electrons. The van der Waals surface area contributed by atoms with Crippen molar-refractivity contribution in [3.63, 3.8) is 0 Å². The Kier molecular flexibility index (Phi) is 43.4. The maximum Gasteiger partial charge on any atom is 0.306 e. The topological polar surface area (TPSA) is 94.1 Å². The number of quaternary nitrogens is 1. The molecule has 0 saturated heterocycles. The molecule has 0 bridgehead atoms. The third kappa shape index (κ3) is 47.8. The second kappa shape index (κ2) is 44.3. The number of allylic oxidation sites excluding steroid dienone is 6. The van der Waals surface area contributed by atoms with E-state index in [1.807, 2.05) is 21.1 Å². The average Bonchev–Trinajstić information content (AvgIpc) is 3.20. The van der Waals surface area contributed by atoms with Crippen LogP contribution in [0.2, 0.25) is 0 Å². The third-order valence-corrected chi connectivity index (χ3v) is 11.9. The summed E-state index contributed by atoms with van der Waals surface area (Å²) < 4.78 is 34.7. The normalized spacial score (nSPS) is 13.9. The van der Waals surface area contributed by atoms with Gasteiger partial charge in [-0.25, -0.2) is 0 Å². The Balaban J connectivity index is 4.08. The maximum absolute atomic E-state index is 12.7. The minimum atomic E-state index is -4.53. The predicted molar refractivity (Wildman–Crippen MR) is 254 cm³/mol. The number of likely N-dealkylation sites (N-methyl/N-ethyl adjacent to an activating group) is 1. The number of unbranched alkanes of at least 4 members (excludes halogenated alkanes) is 27. The van der Waals surface area contributed by atoms with Gasteiger partial charge >= 0.3 is 5.97 Å². The molecule has 0 radical (unpaired) electrons. The van der Waals surface area contributed by atoms with Crippen molar-refractivity contribution in [3.05, 3.63) is 36.5 Å². The molecular formula is C51H98NO7P. The summed E-state index contributed by atoms with van der Waals surface area (Å²) in [5.74, 6) is -0.338. The highest BCUT2D eigenvalue weighted by atomic mass is 31.2. The summed E-state index contributed by atoms with van der Waals surface area (Å²) in [6.07, 6.45) is 53.2. The molecule has 0 rings (SSSR count). The number of hydrogen-bond acceptors (Lipinski definition) is 7. The SMILES string of the molecule is CC/C=C\C/C=C\C/C=C\CCCCCCOCC(COP(=O)([O-])OCC[N+](C)(C)C)OC(=O)CCCCCCCCCCCCCCCCCCCCCCCCCC. The molecule has 0 aromatic heterocycles. The van der Waals surface area contributed by atoms with Crippen molar-refractivity contribution in [1.29, 1.82) is 0 Å². The number of rotatable bonds is 47. The molecule has 2 atom stereocenters. The second-order valence-electron chi connectivity index (χ2n) is 18.2. The van der Waals surface area contributed by atoms with E-state index in [-0.39, 0.29) is 25.8 Å². The number of nitrogens with zero attached hydrogens (tertiary/aromatic N) is 1. The van der Waals surface area contributed by atoms with Crippen LogP contribution in [0.3, 0.4) is 0 Å². The Morgan fingerprint density at radius 1 is 0.533 bits per heavy atom. The van der Waals surface area contributed by atoms with Crippen LogP contribution >= 0.6 is 7.82 Å². The van der Waals surface area contributed by atoms with Gasteiger partial charge in [0.15, 0.2) is 0 Å². The third-order valence-electron chi connectivity index (χ3n) is 11.0. The maximum atomic E-state index is 12.7. The van der Waals surface area contributed by atoms with Gasteiger partial charge in [0.05, 0.1) is 34.4 Å². The molecule has 0 amide bonds. The summed E-state index contributed by atoms with van der Waals surface area (Å²) in [4.78, 5) is 25.1. The molecule has 0 fully saturated rings. The smallest absolute Gasteiger partial charge is 0.306 e. The first kappa shape index (κ1) is 58.7. The molecule has 0 aliphatic rings. The van der Waals surface area contributed by atoms with Crippen LogP contribution < -0.4 is 4.89 Å². The number of phosphoric ester groups is 1. The Morgan fingerprint density at radius 3 is 1.45 bits per heavy atom. The van der Waals surface area contributed by atoms with Crippen molar-refractivity contribution in [2.24, 2.45) is 0 Å². The average molecular weight is 868 g/mol. The van der Waals surface area contributed by atoms with E-state index in [4.69, 9.17) is 18.5 Å². The van der Waals surface area contributed by atoms with E-state index in [0.717, 1.165) is 70.6 Å².